The molecule has 164 valence electrons. The fourth-order valence-electron chi connectivity index (χ4n) is 6.69. The molecule has 6 rings (SSSR count). The largest absolute Gasteiger partial charge is 0.350 e. The van der Waals surface area contributed by atoms with Gasteiger partial charge in [-0.1, -0.05) is 74.5 Å². The Hall–Kier alpha value is -2.17. The topological polar surface area (TPSA) is 44.4 Å². The van der Waals surface area contributed by atoms with E-state index in [9.17, 15) is 4.79 Å². The van der Waals surface area contributed by atoms with Crippen LogP contribution < -0.4 is 10.6 Å². The van der Waals surface area contributed by atoms with Crippen molar-refractivity contribution in [3.05, 3.63) is 71.8 Å². The van der Waals surface area contributed by atoms with Gasteiger partial charge in [-0.2, -0.15) is 0 Å². The molecule has 4 aliphatic rings. The van der Waals surface area contributed by atoms with Crippen LogP contribution in [0.15, 0.2) is 60.7 Å². The zero-order valence-corrected chi connectivity index (χ0v) is 18.8. The molecule has 2 aromatic carbocycles. The van der Waals surface area contributed by atoms with Crippen LogP contribution in [0.25, 0.3) is 0 Å². The quantitative estimate of drug-likeness (QED) is 0.720. The van der Waals surface area contributed by atoms with E-state index in [4.69, 9.17) is 0 Å². The van der Waals surface area contributed by atoms with E-state index in [0.29, 0.717) is 30.2 Å². The van der Waals surface area contributed by atoms with Crippen LogP contribution in [-0.2, 0) is 17.9 Å². The molecule has 1 saturated carbocycles. The average Bonchev–Trinajstić information content (AvgIpc) is 3.04. The van der Waals surface area contributed by atoms with Gasteiger partial charge in [-0.15, -0.1) is 0 Å². The lowest BCUT2D eigenvalue weighted by Gasteiger charge is -2.56. The summed E-state index contributed by atoms with van der Waals surface area (Å²) in [6.45, 7) is 8.16. The molecule has 0 spiro atoms. The molecule has 3 heterocycles. The fraction of sp³-hybridized carbons (Fsp3) is 0.519. The second-order valence-electron chi connectivity index (χ2n) is 10.3. The molecule has 2 N–H and O–H groups in total. The zero-order chi connectivity index (χ0) is 21.4. The minimum absolute atomic E-state index is 0.203. The van der Waals surface area contributed by atoms with Crippen molar-refractivity contribution in [1.82, 2.24) is 15.5 Å². The first-order chi connectivity index (χ1) is 15.1. The number of nitrogens with one attached hydrogen (secondary N) is 2. The standard InChI is InChI=1S/C27H35N3O/c1-19(2)13-24-22-14-23-18-30(17-21-11-7-4-8-12-21)25(24)27(23,29-16-22)26(31)28-15-20-9-5-3-6-10-20/h3-12,19,22-25,29H,13-18H2,1-2H3,(H,28,31)/t22-,23-,24+,25-,27-/m0/s1. The Morgan fingerprint density at radius 3 is 2.45 bits per heavy atom. The van der Waals surface area contributed by atoms with Gasteiger partial charge >= 0.3 is 0 Å². The predicted octanol–water partition coefficient (Wildman–Crippen LogP) is 3.83. The van der Waals surface area contributed by atoms with Gasteiger partial charge in [-0.3, -0.25) is 9.69 Å². The average molecular weight is 418 g/mol. The van der Waals surface area contributed by atoms with E-state index < -0.39 is 5.54 Å². The summed E-state index contributed by atoms with van der Waals surface area (Å²) in [5, 5.41) is 7.11. The van der Waals surface area contributed by atoms with Gasteiger partial charge in [0.25, 0.3) is 0 Å². The zero-order valence-electron chi connectivity index (χ0n) is 18.8. The fourth-order valence-corrected chi connectivity index (χ4v) is 6.69. The number of nitrogens with zero attached hydrogens (tertiary/aromatic N) is 1. The predicted molar refractivity (Wildman–Crippen MR) is 124 cm³/mol. The summed E-state index contributed by atoms with van der Waals surface area (Å²) in [7, 11) is 0. The summed E-state index contributed by atoms with van der Waals surface area (Å²) in [4.78, 5) is 16.5. The molecule has 0 radical (unpaired) electrons. The maximum atomic E-state index is 13.8. The third kappa shape index (κ3) is 3.70. The monoisotopic (exact) mass is 417 g/mol. The van der Waals surface area contributed by atoms with Crippen molar-refractivity contribution in [1.29, 1.82) is 0 Å². The Kier molecular flexibility index (Phi) is 5.61. The van der Waals surface area contributed by atoms with Crippen LogP contribution in [0.1, 0.15) is 37.8 Å². The van der Waals surface area contributed by atoms with Gasteiger partial charge in [0.05, 0.1) is 0 Å². The Morgan fingerprint density at radius 2 is 1.77 bits per heavy atom. The number of hydrogen-bond acceptors (Lipinski definition) is 3. The van der Waals surface area contributed by atoms with Gasteiger partial charge in [-0.25, -0.2) is 0 Å². The minimum atomic E-state index is -0.460. The normalized spacial score (nSPS) is 31.8. The molecule has 3 saturated heterocycles. The van der Waals surface area contributed by atoms with Gasteiger partial charge in [-0.05, 0) is 48.3 Å². The number of likely N-dealkylation sites (tertiary alicyclic amines) is 1. The molecule has 31 heavy (non-hydrogen) atoms. The molecule has 5 atom stereocenters. The van der Waals surface area contributed by atoms with Crippen molar-refractivity contribution in [2.75, 3.05) is 13.1 Å². The molecule has 3 aliphatic heterocycles. The van der Waals surface area contributed by atoms with Gasteiger partial charge in [0, 0.05) is 31.6 Å². The second kappa shape index (κ2) is 8.40. The van der Waals surface area contributed by atoms with Crippen LogP contribution in [0.2, 0.25) is 0 Å². The third-order valence-corrected chi connectivity index (χ3v) is 7.86. The number of piperidine rings is 2. The van der Waals surface area contributed by atoms with Crippen LogP contribution in [0.3, 0.4) is 0 Å². The highest BCUT2D eigenvalue weighted by molar-refractivity contribution is 5.89. The smallest absolute Gasteiger partial charge is 0.242 e. The molecular weight excluding hydrogens is 382 g/mol. The summed E-state index contributed by atoms with van der Waals surface area (Å²) < 4.78 is 0. The van der Waals surface area contributed by atoms with E-state index in [1.54, 1.807) is 0 Å². The summed E-state index contributed by atoms with van der Waals surface area (Å²) in [6, 6.07) is 21.3. The van der Waals surface area contributed by atoms with Crippen molar-refractivity contribution in [3.63, 3.8) is 0 Å². The maximum absolute atomic E-state index is 13.8. The van der Waals surface area contributed by atoms with E-state index in [1.807, 2.05) is 18.2 Å². The first-order valence-corrected chi connectivity index (χ1v) is 11.9. The van der Waals surface area contributed by atoms with Gasteiger partial charge < -0.3 is 10.6 Å². The third-order valence-electron chi connectivity index (χ3n) is 7.86. The van der Waals surface area contributed by atoms with E-state index in [2.05, 4.69) is 71.8 Å². The highest BCUT2D eigenvalue weighted by Gasteiger charge is 2.67. The number of benzene rings is 2. The first kappa shape index (κ1) is 20.7. The number of fused-ring (bicyclic) bond motifs is 1. The first-order valence-electron chi connectivity index (χ1n) is 11.9. The molecule has 0 aromatic heterocycles. The second-order valence-corrected chi connectivity index (χ2v) is 10.3. The van der Waals surface area contributed by atoms with Gasteiger partial charge in [0.2, 0.25) is 5.91 Å². The van der Waals surface area contributed by atoms with Crippen molar-refractivity contribution in [2.45, 2.75) is 51.4 Å². The van der Waals surface area contributed by atoms with Crippen molar-refractivity contribution >= 4 is 5.91 Å². The molecule has 1 amide bonds. The van der Waals surface area contributed by atoms with Crippen LogP contribution in [0.5, 0.6) is 0 Å². The number of amides is 1. The SMILES string of the molecule is CC(C)C[C@@H]1[C@@H]2CN[C@@]3(C(=O)NCc4ccccc4)[C@@H](C2)CN(Cc2ccccc2)[C@@H]13. The summed E-state index contributed by atoms with van der Waals surface area (Å²) >= 11 is 0. The molecule has 4 heteroatoms. The van der Waals surface area contributed by atoms with E-state index >= 15 is 0 Å². The highest BCUT2D eigenvalue weighted by Crippen LogP contribution is 2.54. The van der Waals surface area contributed by atoms with Gasteiger partial charge in [0.1, 0.15) is 5.54 Å². The summed E-state index contributed by atoms with van der Waals surface area (Å²) in [5.41, 5.74) is 2.04. The van der Waals surface area contributed by atoms with Crippen LogP contribution in [0, 0.1) is 23.7 Å². The van der Waals surface area contributed by atoms with E-state index in [-0.39, 0.29) is 11.9 Å². The number of rotatable bonds is 7. The Bertz CT molecular complexity index is 899. The Morgan fingerprint density at radius 1 is 1.10 bits per heavy atom. The molecule has 1 aliphatic carbocycles. The van der Waals surface area contributed by atoms with Crippen molar-refractivity contribution in [3.8, 4) is 0 Å². The number of carbonyl (C=O) groups is 1. The Labute approximate surface area is 186 Å². The molecule has 0 unspecified atom stereocenters. The lowest BCUT2D eigenvalue weighted by atomic mass is 9.58. The summed E-state index contributed by atoms with van der Waals surface area (Å²) in [6.07, 6.45) is 2.37. The highest BCUT2D eigenvalue weighted by atomic mass is 16.2. The van der Waals surface area contributed by atoms with E-state index in [0.717, 1.165) is 25.2 Å². The lowest BCUT2D eigenvalue weighted by Crippen LogP contribution is -2.76. The van der Waals surface area contributed by atoms with Crippen molar-refractivity contribution < 1.29 is 4.79 Å². The Balaban J connectivity index is 1.43. The van der Waals surface area contributed by atoms with Gasteiger partial charge in [0.15, 0.2) is 0 Å². The number of hydrogen-bond donors (Lipinski definition) is 2. The minimum Gasteiger partial charge on any atom is -0.350 e. The number of carbonyl (C=O) groups excluding carboxylic acids is 1. The van der Waals surface area contributed by atoms with Crippen LogP contribution >= 0.6 is 0 Å². The van der Waals surface area contributed by atoms with Crippen LogP contribution in [0.4, 0.5) is 0 Å². The van der Waals surface area contributed by atoms with E-state index in [1.165, 1.54) is 18.4 Å². The molecule has 2 aromatic rings. The molecular formula is C27H35N3O. The van der Waals surface area contributed by atoms with Crippen LogP contribution in [-0.4, -0.2) is 35.5 Å². The molecule has 4 nitrogen and oxygen atoms in total. The summed E-state index contributed by atoms with van der Waals surface area (Å²) in [5.74, 6) is 2.49. The maximum Gasteiger partial charge on any atom is 0.242 e. The molecule has 4 fully saturated rings. The molecule has 4 bridgehead atoms. The lowest BCUT2D eigenvalue weighted by molar-refractivity contribution is -0.139. The van der Waals surface area contributed by atoms with Crippen molar-refractivity contribution in [2.24, 2.45) is 23.7 Å².